The predicted octanol–water partition coefficient (Wildman–Crippen LogP) is 4.16. The van der Waals surface area contributed by atoms with Crippen LogP contribution in [0, 0.1) is 11.3 Å². The summed E-state index contributed by atoms with van der Waals surface area (Å²) in [7, 11) is 0. The Morgan fingerprint density at radius 3 is 2.73 bits per heavy atom. The second-order valence-corrected chi connectivity index (χ2v) is 6.16. The number of fused-ring (bicyclic) bond motifs is 2. The second kappa shape index (κ2) is 3.76. The van der Waals surface area contributed by atoms with Gasteiger partial charge in [0, 0.05) is 0 Å². The number of rotatable bonds is 3. The van der Waals surface area contributed by atoms with Crippen molar-refractivity contribution >= 4 is 0 Å². The van der Waals surface area contributed by atoms with Gasteiger partial charge < -0.3 is 4.74 Å². The highest BCUT2D eigenvalue weighted by atomic mass is 16.5. The lowest BCUT2D eigenvalue weighted by atomic mass is 9.63. The quantitative estimate of drug-likeness (QED) is 0.679. The summed E-state index contributed by atoms with van der Waals surface area (Å²) in [6, 6.07) is 0. The van der Waals surface area contributed by atoms with Crippen molar-refractivity contribution in [1.82, 2.24) is 0 Å². The van der Waals surface area contributed by atoms with Gasteiger partial charge in [-0.2, -0.15) is 0 Å². The van der Waals surface area contributed by atoms with E-state index < -0.39 is 0 Å². The van der Waals surface area contributed by atoms with Gasteiger partial charge in [-0.25, -0.2) is 0 Å². The summed E-state index contributed by atoms with van der Waals surface area (Å²) in [5, 5.41) is 0. The third kappa shape index (κ3) is 1.73. The van der Waals surface area contributed by atoms with E-state index >= 15 is 0 Å². The van der Waals surface area contributed by atoms with E-state index in [0.717, 1.165) is 5.92 Å². The lowest BCUT2D eigenvalue weighted by molar-refractivity contribution is -0.0547. The molecule has 15 heavy (non-hydrogen) atoms. The van der Waals surface area contributed by atoms with Gasteiger partial charge in [0.05, 0.1) is 11.7 Å². The Kier molecular flexibility index (Phi) is 2.87. The first kappa shape index (κ1) is 11.4. The predicted molar refractivity (Wildman–Crippen MR) is 63.9 cm³/mol. The molecule has 1 nitrogen and oxygen atoms in total. The van der Waals surface area contributed by atoms with Crippen LogP contribution < -0.4 is 0 Å². The van der Waals surface area contributed by atoms with Crippen LogP contribution in [0.1, 0.15) is 66.2 Å². The minimum atomic E-state index is 0.186. The molecule has 0 aromatic heterocycles. The maximum atomic E-state index is 6.29. The molecule has 0 aromatic carbocycles. The molecule has 0 amide bonds. The lowest BCUT2D eigenvalue weighted by Gasteiger charge is -2.40. The van der Waals surface area contributed by atoms with E-state index in [2.05, 4.69) is 27.7 Å². The highest BCUT2D eigenvalue weighted by Crippen LogP contribution is 2.57. The summed E-state index contributed by atoms with van der Waals surface area (Å²) in [5.74, 6) is 0.747. The summed E-state index contributed by atoms with van der Waals surface area (Å²) < 4.78 is 6.29. The molecule has 1 saturated heterocycles. The maximum Gasteiger partial charge on any atom is 0.0690 e. The molecule has 2 fully saturated rings. The van der Waals surface area contributed by atoms with E-state index in [-0.39, 0.29) is 5.60 Å². The standard InChI is InChI=1S/C14H26O/c1-5-6-8-14-9-7-11(2)13(4,10-14)15-12(14)3/h11-12H,5-10H2,1-4H3/t11?,12?,13?,14-/m0/s1. The number of unbranched alkanes of at least 4 members (excludes halogenated alkanes) is 1. The first-order valence-corrected chi connectivity index (χ1v) is 6.70. The highest BCUT2D eigenvalue weighted by Gasteiger charge is 2.56. The molecule has 1 saturated carbocycles. The van der Waals surface area contributed by atoms with Gasteiger partial charge in [0.1, 0.15) is 0 Å². The SMILES string of the molecule is CCCC[C@]12CCC(C)C(C)(C1)OC2C. The monoisotopic (exact) mass is 210 g/mol. The largest absolute Gasteiger partial charge is 0.371 e. The molecule has 1 heterocycles. The van der Waals surface area contributed by atoms with Gasteiger partial charge >= 0.3 is 0 Å². The minimum absolute atomic E-state index is 0.186. The van der Waals surface area contributed by atoms with Crippen molar-refractivity contribution in [2.45, 2.75) is 77.9 Å². The van der Waals surface area contributed by atoms with Crippen LogP contribution in [0.4, 0.5) is 0 Å². The van der Waals surface area contributed by atoms with Gasteiger partial charge in [-0.05, 0) is 50.9 Å². The fourth-order valence-electron chi connectivity index (χ4n) is 3.75. The van der Waals surface area contributed by atoms with Crippen LogP contribution in [-0.4, -0.2) is 11.7 Å². The molecule has 0 aromatic rings. The third-order valence-electron chi connectivity index (χ3n) is 5.16. The van der Waals surface area contributed by atoms with Crippen molar-refractivity contribution in [3.63, 3.8) is 0 Å². The normalized spacial score (nSPS) is 49.6. The molecular weight excluding hydrogens is 184 g/mol. The van der Waals surface area contributed by atoms with Crippen molar-refractivity contribution in [1.29, 1.82) is 0 Å². The van der Waals surface area contributed by atoms with Gasteiger partial charge in [-0.1, -0.05) is 26.7 Å². The fraction of sp³-hybridized carbons (Fsp3) is 1.00. The number of ether oxygens (including phenoxy) is 1. The Morgan fingerprint density at radius 2 is 2.07 bits per heavy atom. The average Bonchev–Trinajstić information content (AvgIpc) is 2.41. The lowest BCUT2D eigenvalue weighted by Crippen LogP contribution is -2.38. The zero-order valence-corrected chi connectivity index (χ0v) is 10.8. The van der Waals surface area contributed by atoms with Crippen LogP contribution in [0.3, 0.4) is 0 Å². The van der Waals surface area contributed by atoms with E-state index in [9.17, 15) is 0 Å². The van der Waals surface area contributed by atoms with Gasteiger partial charge in [0.15, 0.2) is 0 Å². The van der Waals surface area contributed by atoms with E-state index in [1.165, 1.54) is 38.5 Å². The van der Waals surface area contributed by atoms with Crippen LogP contribution in [0.15, 0.2) is 0 Å². The maximum absolute atomic E-state index is 6.29. The van der Waals surface area contributed by atoms with Gasteiger partial charge in [0.25, 0.3) is 0 Å². The van der Waals surface area contributed by atoms with Crippen molar-refractivity contribution in [2.75, 3.05) is 0 Å². The zero-order chi connectivity index (χ0) is 11.1. The van der Waals surface area contributed by atoms with Crippen LogP contribution in [0.5, 0.6) is 0 Å². The highest BCUT2D eigenvalue weighted by molar-refractivity contribution is 5.05. The second-order valence-electron chi connectivity index (χ2n) is 6.16. The van der Waals surface area contributed by atoms with Crippen LogP contribution in [-0.2, 0) is 4.74 Å². The Labute approximate surface area is 94.6 Å². The van der Waals surface area contributed by atoms with E-state index in [0.29, 0.717) is 11.5 Å². The van der Waals surface area contributed by atoms with Crippen molar-refractivity contribution < 1.29 is 4.74 Å². The molecule has 1 heteroatoms. The van der Waals surface area contributed by atoms with Crippen molar-refractivity contribution in [3.05, 3.63) is 0 Å². The van der Waals surface area contributed by atoms with Crippen molar-refractivity contribution in [3.8, 4) is 0 Å². The zero-order valence-electron chi connectivity index (χ0n) is 10.8. The Morgan fingerprint density at radius 1 is 1.33 bits per heavy atom. The molecule has 2 aliphatic rings. The van der Waals surface area contributed by atoms with Gasteiger partial charge in [-0.3, -0.25) is 0 Å². The summed E-state index contributed by atoms with van der Waals surface area (Å²) in [6.45, 7) is 9.30. The molecule has 0 radical (unpaired) electrons. The fourth-order valence-corrected chi connectivity index (χ4v) is 3.75. The first-order chi connectivity index (χ1) is 7.02. The van der Waals surface area contributed by atoms with E-state index in [1.54, 1.807) is 0 Å². The Balaban J connectivity index is 2.14. The van der Waals surface area contributed by atoms with E-state index in [4.69, 9.17) is 4.74 Å². The van der Waals surface area contributed by atoms with Crippen molar-refractivity contribution in [2.24, 2.45) is 11.3 Å². The molecule has 3 unspecified atom stereocenters. The molecule has 0 N–H and O–H groups in total. The third-order valence-corrected chi connectivity index (χ3v) is 5.16. The van der Waals surface area contributed by atoms with Crippen LogP contribution in [0.25, 0.3) is 0 Å². The first-order valence-electron chi connectivity index (χ1n) is 6.70. The topological polar surface area (TPSA) is 9.23 Å². The number of hydrogen-bond donors (Lipinski definition) is 0. The van der Waals surface area contributed by atoms with E-state index in [1.807, 2.05) is 0 Å². The number of hydrogen-bond acceptors (Lipinski definition) is 1. The van der Waals surface area contributed by atoms with Gasteiger partial charge in [-0.15, -0.1) is 0 Å². The Bertz CT molecular complexity index is 233. The summed E-state index contributed by atoms with van der Waals surface area (Å²) in [5.41, 5.74) is 0.711. The smallest absolute Gasteiger partial charge is 0.0690 e. The molecule has 1 aliphatic heterocycles. The molecule has 2 bridgehead atoms. The average molecular weight is 210 g/mol. The molecule has 4 atom stereocenters. The molecular formula is C14H26O. The van der Waals surface area contributed by atoms with Crippen LogP contribution in [0.2, 0.25) is 0 Å². The summed E-state index contributed by atoms with van der Waals surface area (Å²) >= 11 is 0. The van der Waals surface area contributed by atoms with Crippen LogP contribution >= 0.6 is 0 Å². The molecule has 0 spiro atoms. The van der Waals surface area contributed by atoms with Gasteiger partial charge in [0.2, 0.25) is 0 Å². The molecule has 88 valence electrons. The minimum Gasteiger partial charge on any atom is -0.371 e. The molecule has 2 rings (SSSR count). The summed E-state index contributed by atoms with van der Waals surface area (Å²) in [6.07, 6.45) is 8.63. The molecule has 1 aliphatic carbocycles. The Hall–Kier alpha value is -0.0400. The summed E-state index contributed by atoms with van der Waals surface area (Å²) in [4.78, 5) is 0.